The summed E-state index contributed by atoms with van der Waals surface area (Å²) in [5.41, 5.74) is -0.236. The van der Waals surface area contributed by atoms with E-state index >= 15 is 0 Å². The number of piperazine rings is 4. The van der Waals surface area contributed by atoms with Gasteiger partial charge < -0.3 is 70.8 Å². The van der Waals surface area contributed by atoms with Gasteiger partial charge in [-0.2, -0.15) is 10.1 Å². The minimum atomic E-state index is -0.482. The molecule has 0 bridgehead atoms. The summed E-state index contributed by atoms with van der Waals surface area (Å²) in [6, 6.07) is 1.99. The standard InChI is InChI=1S/C14H19N5O2.C13H19BrN4O2.C13H18N8O2.C9H18N2O2.C4H2BrClN2.CN.ClH.Cu/c1-14(2,3)21-13(20)19-6-4-18(5-7-19)12-16-9-11(8-15)10-17-12;1-13(2,3)20-12(19)18-6-4-17(5-7-18)11-15-8-10(14)9-16-11;1-2-23-11(22)9-21-18-12(17-19-21)10-7-15-13(16-8-10)20-5-3-14-4-6-20;1-9(2,3)13-8(12)11-6-4-10-5-7-11;5-3-1-7-4(6)8-2-3;1-2;;/h9-10H,4-7H2,1-3H3;8-9H,4-7H2,1-3H3;7-8,14H,2-6,9H2,1H3;10H,4-7H2,1-3H3;1-2H;;1H;/q;;;;;-1;;+1. The summed E-state index contributed by atoms with van der Waals surface area (Å²) in [4.78, 5) is 92.2. The molecular formula is C54H77Br2Cl2CuN22O8. The van der Waals surface area contributed by atoms with Gasteiger partial charge in [0.15, 0.2) is 6.54 Å². The Labute approximate surface area is 557 Å². The molecule has 30 nitrogen and oxygen atoms in total. The Hall–Kier alpha value is -6.97. The molecule has 3 amide bonds. The molecule has 0 radical (unpaired) electrons. The zero-order valence-corrected chi connectivity index (χ0v) is 57.1. The van der Waals surface area contributed by atoms with Crippen molar-refractivity contribution in [2.45, 2.75) is 92.6 Å². The van der Waals surface area contributed by atoms with Crippen LogP contribution in [-0.4, -0.2) is 227 Å². The van der Waals surface area contributed by atoms with Crippen LogP contribution in [0.15, 0.2) is 58.5 Å². The molecule has 0 spiro atoms. The Balaban J connectivity index is 0.000000386. The summed E-state index contributed by atoms with van der Waals surface area (Å²) >= 11 is 11.8. The quantitative estimate of drug-likeness (QED) is 0.0616. The monoisotopic (exact) mass is 1450 g/mol. The van der Waals surface area contributed by atoms with E-state index in [2.05, 4.69) is 108 Å². The van der Waals surface area contributed by atoms with Crippen LogP contribution in [0.5, 0.6) is 0 Å². The Kier molecular flexibility index (Phi) is 34.4. The summed E-state index contributed by atoms with van der Waals surface area (Å²) in [6.07, 6.45) is 12.2. The summed E-state index contributed by atoms with van der Waals surface area (Å²) in [6.45, 7) is 35.5. The number of aromatic nitrogens is 12. The normalized spacial score (nSPS) is 14.7. The number of nitriles is 1. The number of tetrazole rings is 1. The maximum atomic E-state index is 12.0. The minimum Gasteiger partial charge on any atom is -0.512 e. The molecule has 5 aromatic heterocycles. The SMILES string of the molecule is CC(C)(C)OC(=O)N1CCN(c2ncc(Br)cn2)CC1.CC(C)(C)OC(=O)N1CCN(c2ncc(C#N)cn2)CC1.CC(C)(C)OC(=O)N1CCNCC1.CCOC(=O)Cn1nnc(-c2cnc(N3CCNCC3)nc2)n1.Cl.Clc1ncc(Br)cn1.[C-]#N.[Cu+]. The molecule has 4 aliphatic rings. The van der Waals surface area contributed by atoms with Crippen molar-refractivity contribution in [3.05, 3.63) is 75.9 Å². The van der Waals surface area contributed by atoms with Crippen LogP contribution < -0.4 is 25.3 Å². The molecule has 9 rings (SSSR count). The summed E-state index contributed by atoms with van der Waals surface area (Å²) < 4.78 is 22.5. The van der Waals surface area contributed by atoms with Gasteiger partial charge in [0.25, 0.3) is 0 Å². The van der Waals surface area contributed by atoms with E-state index < -0.39 is 17.2 Å². The van der Waals surface area contributed by atoms with E-state index in [4.69, 9.17) is 47.6 Å². The van der Waals surface area contributed by atoms with E-state index in [1.165, 1.54) is 17.2 Å². The fourth-order valence-electron chi connectivity index (χ4n) is 7.53. The molecule has 89 heavy (non-hydrogen) atoms. The molecule has 9 heterocycles. The average Bonchev–Trinajstić information content (AvgIpc) is 4.20. The number of carbonyl (C=O) groups is 4. The van der Waals surface area contributed by atoms with Crippen LogP contribution in [0.3, 0.4) is 0 Å². The molecule has 0 unspecified atom stereocenters. The number of amides is 3. The van der Waals surface area contributed by atoms with E-state index in [0.717, 1.165) is 61.3 Å². The number of hydrogen-bond acceptors (Lipinski definition) is 26. The number of nitrogens with zero attached hydrogens (tertiary/aromatic N) is 20. The second-order valence-electron chi connectivity index (χ2n) is 21.8. The Bertz CT molecular complexity index is 2930. The second-order valence-corrected chi connectivity index (χ2v) is 24.0. The third kappa shape index (κ3) is 29.9. The van der Waals surface area contributed by atoms with Crippen molar-refractivity contribution in [2.24, 2.45) is 0 Å². The number of anilines is 3. The van der Waals surface area contributed by atoms with E-state index in [1.54, 1.807) is 58.8 Å². The molecule has 4 fully saturated rings. The first-order valence-electron chi connectivity index (χ1n) is 27.7. The van der Waals surface area contributed by atoms with Gasteiger partial charge >= 0.3 is 41.3 Å². The van der Waals surface area contributed by atoms with E-state index in [0.29, 0.717) is 93.8 Å². The first-order valence-corrected chi connectivity index (χ1v) is 29.7. The van der Waals surface area contributed by atoms with Crippen molar-refractivity contribution in [1.29, 1.82) is 10.5 Å². The predicted molar refractivity (Wildman–Crippen MR) is 335 cm³/mol. The Morgan fingerprint density at radius 2 is 0.921 bits per heavy atom. The second kappa shape index (κ2) is 39.2. The maximum Gasteiger partial charge on any atom is 1.00 e. The molecule has 0 atom stereocenters. The maximum absolute atomic E-state index is 12.0. The number of esters is 1. The van der Waals surface area contributed by atoms with Gasteiger partial charge in [-0.15, -0.1) is 22.6 Å². The number of halogens is 4. The van der Waals surface area contributed by atoms with Crippen LogP contribution in [0.1, 0.15) is 74.8 Å². The van der Waals surface area contributed by atoms with Crippen LogP contribution in [0.4, 0.5) is 32.2 Å². The van der Waals surface area contributed by atoms with Crippen LogP contribution in [0.25, 0.3) is 11.4 Å². The van der Waals surface area contributed by atoms with Crippen molar-refractivity contribution in [3.8, 4) is 17.5 Å². The third-order valence-electron chi connectivity index (χ3n) is 11.5. The largest absolute Gasteiger partial charge is 1.00 e. The minimum absolute atomic E-state index is 0. The van der Waals surface area contributed by atoms with Crippen molar-refractivity contribution >= 4 is 98.0 Å². The van der Waals surface area contributed by atoms with Crippen LogP contribution >= 0.6 is 55.9 Å². The molecule has 0 aromatic carbocycles. The van der Waals surface area contributed by atoms with Crippen LogP contribution in [-0.2, 0) is 47.4 Å². The van der Waals surface area contributed by atoms with Gasteiger partial charge in [-0.3, -0.25) is 0 Å². The molecule has 4 aliphatic heterocycles. The Morgan fingerprint density at radius 1 is 0.573 bits per heavy atom. The van der Waals surface area contributed by atoms with Gasteiger partial charge in [-0.1, -0.05) is 0 Å². The van der Waals surface area contributed by atoms with Crippen molar-refractivity contribution in [3.63, 3.8) is 0 Å². The zero-order chi connectivity index (χ0) is 64.2. The number of hydrogen-bond donors (Lipinski definition) is 2. The van der Waals surface area contributed by atoms with Crippen molar-refractivity contribution in [1.82, 2.24) is 85.4 Å². The predicted octanol–water partition coefficient (Wildman–Crippen LogP) is 6.04. The van der Waals surface area contributed by atoms with Crippen LogP contribution in [0.2, 0.25) is 5.28 Å². The van der Waals surface area contributed by atoms with E-state index in [1.807, 2.05) is 73.3 Å². The summed E-state index contributed by atoms with van der Waals surface area (Å²) in [5.74, 6) is 1.94. The molecule has 5 aromatic rings. The molecular weight excluding hydrogens is 1380 g/mol. The first kappa shape index (κ1) is 78.1. The third-order valence-corrected chi connectivity index (χ3v) is 12.5. The molecule has 35 heteroatoms. The number of carbonyl (C=O) groups excluding carboxylic acids is 4. The summed E-state index contributed by atoms with van der Waals surface area (Å²) in [7, 11) is 0. The van der Waals surface area contributed by atoms with E-state index in [9.17, 15) is 19.2 Å². The van der Waals surface area contributed by atoms with Gasteiger partial charge in [0, 0.05) is 142 Å². The average molecular weight is 1460 g/mol. The topological polar surface area (TPSA) is 343 Å². The van der Waals surface area contributed by atoms with E-state index in [-0.39, 0.29) is 65.2 Å². The molecule has 0 saturated carbocycles. The van der Waals surface area contributed by atoms with Gasteiger partial charge in [0.2, 0.25) is 29.0 Å². The van der Waals surface area contributed by atoms with Gasteiger partial charge in [-0.25, -0.2) is 59.0 Å². The fourth-order valence-corrected chi connectivity index (χ4v) is 8.03. The van der Waals surface area contributed by atoms with Crippen LogP contribution in [0, 0.1) is 23.2 Å². The van der Waals surface area contributed by atoms with Gasteiger partial charge in [0.05, 0.1) is 39.1 Å². The zero-order valence-electron chi connectivity index (χ0n) is 51.4. The number of rotatable bonds is 7. The molecule has 490 valence electrons. The molecule has 4 saturated heterocycles. The first-order chi connectivity index (χ1) is 41.3. The number of nitrogens with one attached hydrogen (secondary N) is 2. The van der Waals surface area contributed by atoms with Gasteiger partial charge in [-0.05, 0) is 118 Å². The smallest absolute Gasteiger partial charge is 0.512 e. The molecule has 2 N–H and O–H groups in total. The van der Waals surface area contributed by atoms with Crippen molar-refractivity contribution in [2.75, 3.05) is 126 Å². The Morgan fingerprint density at radius 3 is 1.29 bits per heavy atom. The number of ether oxygens (including phenoxy) is 4. The van der Waals surface area contributed by atoms with Gasteiger partial charge in [0.1, 0.15) is 22.9 Å². The summed E-state index contributed by atoms with van der Waals surface area (Å²) in [5, 5.41) is 33.6. The van der Waals surface area contributed by atoms with Crippen molar-refractivity contribution < 1.29 is 55.2 Å². The fraction of sp³-hybridized carbons (Fsp3) is 0.574. The molecule has 0 aliphatic carbocycles.